The molecule has 128 valence electrons. The van der Waals surface area contributed by atoms with Gasteiger partial charge in [0, 0.05) is 20.2 Å². The maximum Gasteiger partial charge on any atom is 0.228 e. The van der Waals surface area contributed by atoms with Crippen LogP contribution < -0.4 is 4.74 Å². The van der Waals surface area contributed by atoms with E-state index in [4.69, 9.17) is 4.74 Å². The van der Waals surface area contributed by atoms with E-state index in [2.05, 4.69) is 25.9 Å². The Morgan fingerprint density at radius 2 is 1.83 bits per heavy atom. The molecular formula is C17H18BrF2N3O. The predicted octanol–water partition coefficient (Wildman–Crippen LogP) is 4.79. The van der Waals surface area contributed by atoms with E-state index in [0.717, 1.165) is 6.07 Å². The molecule has 1 aromatic heterocycles. The zero-order valence-corrected chi connectivity index (χ0v) is 15.4. The van der Waals surface area contributed by atoms with E-state index >= 15 is 0 Å². The minimum absolute atomic E-state index is 0.341. The lowest BCUT2D eigenvalue weighted by atomic mass is 10.1. The Kier molecular flexibility index (Phi) is 5.88. The standard InChI is InChI=1S/C17H18BrF2N3O/c1-10-16(21-9-23(3)4)8-15(18)17(22-10)24-11(2)12-5-13(19)7-14(20)6-12/h5-9,11H,1-4H3/t11-/m0/s1. The Balaban J connectivity index is 2.24. The van der Waals surface area contributed by atoms with Gasteiger partial charge in [0.1, 0.15) is 17.7 Å². The van der Waals surface area contributed by atoms with Gasteiger partial charge in [-0.3, -0.25) is 0 Å². The average molecular weight is 398 g/mol. The molecule has 0 fully saturated rings. The summed E-state index contributed by atoms with van der Waals surface area (Å²) in [4.78, 5) is 10.5. The Morgan fingerprint density at radius 3 is 2.42 bits per heavy atom. The van der Waals surface area contributed by atoms with Crippen LogP contribution >= 0.6 is 15.9 Å². The third-order valence-corrected chi connectivity index (χ3v) is 3.75. The first-order valence-corrected chi connectivity index (χ1v) is 8.06. The van der Waals surface area contributed by atoms with Gasteiger partial charge in [-0.15, -0.1) is 0 Å². The molecule has 1 atom stereocenters. The number of hydrogen-bond acceptors (Lipinski definition) is 3. The maximum atomic E-state index is 13.3. The van der Waals surface area contributed by atoms with E-state index in [1.165, 1.54) is 12.1 Å². The number of hydrogen-bond donors (Lipinski definition) is 0. The Hall–Kier alpha value is -2.02. The number of benzene rings is 1. The highest BCUT2D eigenvalue weighted by atomic mass is 79.9. The zero-order valence-electron chi connectivity index (χ0n) is 13.8. The maximum absolute atomic E-state index is 13.3. The van der Waals surface area contributed by atoms with Gasteiger partial charge >= 0.3 is 0 Å². The summed E-state index contributed by atoms with van der Waals surface area (Å²) in [5, 5.41) is 0. The molecule has 1 heterocycles. The molecule has 2 rings (SSSR count). The predicted molar refractivity (Wildman–Crippen MR) is 93.9 cm³/mol. The van der Waals surface area contributed by atoms with Gasteiger partial charge in [0.05, 0.1) is 22.2 Å². The van der Waals surface area contributed by atoms with E-state index < -0.39 is 17.7 Å². The van der Waals surface area contributed by atoms with Crippen LogP contribution in [0, 0.1) is 18.6 Å². The molecule has 0 radical (unpaired) electrons. The van der Waals surface area contributed by atoms with Crippen LogP contribution in [-0.4, -0.2) is 30.3 Å². The number of halogens is 3. The molecule has 0 saturated carbocycles. The topological polar surface area (TPSA) is 37.7 Å². The first-order valence-electron chi connectivity index (χ1n) is 7.26. The van der Waals surface area contributed by atoms with Crippen molar-refractivity contribution in [3.63, 3.8) is 0 Å². The van der Waals surface area contributed by atoms with E-state index in [0.29, 0.717) is 27.3 Å². The number of aliphatic imine (C=N–C) groups is 1. The molecule has 7 heteroatoms. The van der Waals surface area contributed by atoms with Crippen LogP contribution in [0.1, 0.15) is 24.3 Å². The normalized spacial score (nSPS) is 12.5. The summed E-state index contributed by atoms with van der Waals surface area (Å²) in [6.45, 7) is 3.52. The van der Waals surface area contributed by atoms with Gasteiger partial charge < -0.3 is 9.64 Å². The number of ether oxygens (including phenoxy) is 1. The van der Waals surface area contributed by atoms with Crippen molar-refractivity contribution in [3.8, 4) is 5.88 Å². The molecule has 0 aliphatic rings. The van der Waals surface area contributed by atoms with Crippen LogP contribution in [-0.2, 0) is 0 Å². The highest BCUT2D eigenvalue weighted by Gasteiger charge is 2.15. The number of aromatic nitrogens is 1. The highest BCUT2D eigenvalue weighted by Crippen LogP contribution is 2.32. The highest BCUT2D eigenvalue weighted by molar-refractivity contribution is 9.10. The van der Waals surface area contributed by atoms with Gasteiger partial charge in [0.2, 0.25) is 5.88 Å². The van der Waals surface area contributed by atoms with Gasteiger partial charge in [-0.2, -0.15) is 0 Å². The quantitative estimate of drug-likeness (QED) is 0.537. The fraction of sp³-hybridized carbons (Fsp3) is 0.294. The van der Waals surface area contributed by atoms with Gasteiger partial charge in [-0.25, -0.2) is 18.8 Å². The van der Waals surface area contributed by atoms with Gasteiger partial charge in [0.25, 0.3) is 0 Å². The van der Waals surface area contributed by atoms with Crippen LogP contribution in [0.25, 0.3) is 0 Å². The second kappa shape index (κ2) is 7.70. The Bertz CT molecular complexity index is 745. The van der Waals surface area contributed by atoms with E-state index in [1.54, 1.807) is 19.3 Å². The number of pyridine rings is 1. The fourth-order valence-electron chi connectivity index (χ4n) is 1.99. The molecule has 0 amide bonds. The summed E-state index contributed by atoms with van der Waals surface area (Å²) in [7, 11) is 3.75. The zero-order chi connectivity index (χ0) is 17.9. The van der Waals surface area contributed by atoms with Crippen molar-refractivity contribution in [2.24, 2.45) is 4.99 Å². The van der Waals surface area contributed by atoms with Crippen LogP contribution in [0.4, 0.5) is 14.5 Å². The SMILES string of the molecule is Cc1nc(O[C@@H](C)c2cc(F)cc(F)c2)c(Br)cc1N=CN(C)C. The largest absolute Gasteiger partial charge is 0.469 e. The van der Waals surface area contributed by atoms with Crippen LogP contribution in [0.3, 0.4) is 0 Å². The third kappa shape index (κ3) is 4.74. The van der Waals surface area contributed by atoms with Crippen molar-refractivity contribution < 1.29 is 13.5 Å². The molecule has 0 N–H and O–H groups in total. The van der Waals surface area contributed by atoms with Gasteiger partial charge in [-0.1, -0.05) is 0 Å². The molecule has 1 aromatic carbocycles. The molecule has 0 bridgehead atoms. The molecule has 0 aliphatic carbocycles. The monoisotopic (exact) mass is 397 g/mol. The van der Waals surface area contributed by atoms with E-state index in [-0.39, 0.29) is 0 Å². The Morgan fingerprint density at radius 1 is 1.21 bits per heavy atom. The lowest BCUT2D eigenvalue weighted by Gasteiger charge is -2.16. The minimum atomic E-state index is -0.642. The van der Waals surface area contributed by atoms with Crippen LogP contribution in [0.5, 0.6) is 5.88 Å². The molecule has 0 unspecified atom stereocenters. The van der Waals surface area contributed by atoms with Crippen LogP contribution in [0.15, 0.2) is 33.7 Å². The molecule has 4 nitrogen and oxygen atoms in total. The Labute approximate surface area is 148 Å². The summed E-state index contributed by atoms with van der Waals surface area (Å²) in [6.07, 6.45) is 1.12. The number of rotatable bonds is 5. The van der Waals surface area contributed by atoms with Crippen molar-refractivity contribution >= 4 is 28.0 Å². The molecule has 2 aromatic rings. The van der Waals surface area contributed by atoms with Gasteiger partial charge in [-0.05, 0) is 53.5 Å². The van der Waals surface area contributed by atoms with Crippen LogP contribution in [0.2, 0.25) is 0 Å². The van der Waals surface area contributed by atoms with Crippen molar-refractivity contribution in [1.82, 2.24) is 9.88 Å². The smallest absolute Gasteiger partial charge is 0.228 e. The van der Waals surface area contributed by atoms with E-state index in [9.17, 15) is 8.78 Å². The first-order chi connectivity index (χ1) is 11.3. The number of aryl methyl sites for hydroxylation is 1. The summed E-state index contributed by atoms with van der Waals surface area (Å²) in [6, 6.07) is 5.09. The summed E-state index contributed by atoms with van der Waals surface area (Å²) >= 11 is 3.40. The lowest BCUT2D eigenvalue weighted by molar-refractivity contribution is 0.214. The van der Waals surface area contributed by atoms with Crippen molar-refractivity contribution in [3.05, 3.63) is 51.6 Å². The van der Waals surface area contributed by atoms with E-state index in [1.807, 2.05) is 25.9 Å². The molecule has 0 aliphatic heterocycles. The number of nitrogens with zero attached hydrogens (tertiary/aromatic N) is 3. The fourth-order valence-corrected chi connectivity index (χ4v) is 2.38. The van der Waals surface area contributed by atoms with Crippen molar-refractivity contribution in [1.29, 1.82) is 0 Å². The average Bonchev–Trinajstić information content (AvgIpc) is 2.48. The second-order valence-corrected chi connectivity index (χ2v) is 6.41. The lowest BCUT2D eigenvalue weighted by Crippen LogP contribution is -2.08. The first kappa shape index (κ1) is 18.3. The molecule has 0 spiro atoms. The minimum Gasteiger partial charge on any atom is -0.469 e. The molecular weight excluding hydrogens is 380 g/mol. The summed E-state index contributed by atoms with van der Waals surface area (Å²) < 4.78 is 33.0. The van der Waals surface area contributed by atoms with Gasteiger partial charge in [0.15, 0.2) is 0 Å². The third-order valence-electron chi connectivity index (χ3n) is 3.18. The summed E-state index contributed by atoms with van der Waals surface area (Å²) in [5.41, 5.74) is 1.78. The summed E-state index contributed by atoms with van der Waals surface area (Å²) in [5.74, 6) is -0.942. The second-order valence-electron chi connectivity index (χ2n) is 5.55. The van der Waals surface area contributed by atoms with Crippen molar-refractivity contribution in [2.75, 3.05) is 14.1 Å². The molecule has 24 heavy (non-hydrogen) atoms. The molecule has 0 saturated heterocycles. The van der Waals surface area contributed by atoms with Crippen molar-refractivity contribution in [2.45, 2.75) is 20.0 Å².